The summed E-state index contributed by atoms with van der Waals surface area (Å²) in [6.45, 7) is 9.13. The quantitative estimate of drug-likeness (QED) is 0.0904. The van der Waals surface area contributed by atoms with Gasteiger partial charge in [0.2, 0.25) is 0 Å². The molecular weight excluding hydrogens is 628 g/mol. The number of hydrogen-bond acceptors (Lipinski definition) is 8. The molecule has 0 bridgehead atoms. The second-order valence-electron chi connectivity index (χ2n) is 13.9. The van der Waals surface area contributed by atoms with Crippen LogP contribution in [0.1, 0.15) is 106 Å². The van der Waals surface area contributed by atoms with Crippen molar-refractivity contribution < 1.29 is 19.8 Å². The highest BCUT2D eigenvalue weighted by Crippen LogP contribution is 2.43. The van der Waals surface area contributed by atoms with Gasteiger partial charge < -0.3 is 31.5 Å². The van der Waals surface area contributed by atoms with E-state index in [1.807, 2.05) is 76.2 Å². The predicted molar refractivity (Wildman–Crippen MR) is 196 cm³/mol. The Morgan fingerprint density at radius 3 is 1.46 bits per heavy atom. The summed E-state index contributed by atoms with van der Waals surface area (Å²) in [5.74, 6) is 0.336. The molecule has 10 heteroatoms. The number of nitrogens with one attached hydrogen (secondary N) is 4. The van der Waals surface area contributed by atoms with Crippen molar-refractivity contribution in [1.82, 2.24) is 20.6 Å². The number of benzene rings is 2. The zero-order chi connectivity index (χ0) is 35.4. The van der Waals surface area contributed by atoms with E-state index in [0.29, 0.717) is 47.7 Å². The second-order valence-corrected chi connectivity index (χ2v) is 13.9. The first-order valence-corrected chi connectivity index (χ1v) is 17.6. The minimum atomic E-state index is -0.268. The Kier molecular flexibility index (Phi) is 11.0. The number of pyridine rings is 2. The van der Waals surface area contributed by atoms with Crippen molar-refractivity contribution in [2.24, 2.45) is 0 Å². The lowest BCUT2D eigenvalue weighted by Crippen LogP contribution is -2.29. The average molecular weight is 677 g/mol. The predicted octanol–water partition coefficient (Wildman–Crippen LogP) is 5.96. The van der Waals surface area contributed by atoms with E-state index in [-0.39, 0.29) is 37.1 Å². The van der Waals surface area contributed by atoms with Gasteiger partial charge in [0, 0.05) is 48.9 Å². The third-order valence-corrected chi connectivity index (χ3v) is 9.83. The number of carbonyl (C=O) groups excluding carboxylic acids is 2. The molecule has 6 N–H and O–H groups in total. The van der Waals surface area contributed by atoms with Crippen LogP contribution in [0, 0.1) is 13.8 Å². The van der Waals surface area contributed by atoms with Crippen molar-refractivity contribution in [3.8, 4) is 11.1 Å². The van der Waals surface area contributed by atoms with Gasteiger partial charge in [0.25, 0.3) is 11.8 Å². The number of anilines is 2. The molecule has 262 valence electrons. The fourth-order valence-corrected chi connectivity index (χ4v) is 6.29. The molecule has 2 saturated carbocycles. The molecule has 6 rings (SSSR count). The summed E-state index contributed by atoms with van der Waals surface area (Å²) in [6.07, 6.45) is 7.95. The van der Waals surface area contributed by atoms with Gasteiger partial charge in [-0.3, -0.25) is 19.6 Å². The average Bonchev–Trinajstić information content (AvgIpc) is 4.06. The number of nitrogens with zero attached hydrogens (tertiary/aromatic N) is 2. The molecule has 2 atom stereocenters. The van der Waals surface area contributed by atoms with Crippen LogP contribution in [-0.2, 0) is 13.1 Å². The highest BCUT2D eigenvalue weighted by atomic mass is 16.3. The summed E-state index contributed by atoms with van der Waals surface area (Å²) < 4.78 is 0. The molecule has 50 heavy (non-hydrogen) atoms. The molecule has 2 unspecified atom stereocenters. The van der Waals surface area contributed by atoms with Gasteiger partial charge in [0.1, 0.15) is 11.4 Å². The maximum atomic E-state index is 13.5. The van der Waals surface area contributed by atoms with Crippen LogP contribution in [0.2, 0.25) is 0 Å². The normalized spacial score (nSPS) is 15.4. The topological polar surface area (TPSA) is 148 Å². The Hall–Kier alpha value is -4.48. The number of hydrogen-bond donors (Lipinski definition) is 6. The molecule has 2 heterocycles. The zero-order valence-electron chi connectivity index (χ0n) is 29.3. The third kappa shape index (κ3) is 8.27. The van der Waals surface area contributed by atoms with Crippen molar-refractivity contribution in [1.29, 1.82) is 0 Å². The van der Waals surface area contributed by atoms with E-state index in [4.69, 9.17) is 0 Å². The lowest BCUT2D eigenvalue weighted by molar-refractivity contribution is 0.101. The number of aliphatic hydroxyl groups is 2. The maximum absolute atomic E-state index is 13.5. The van der Waals surface area contributed by atoms with Crippen LogP contribution in [0.4, 0.5) is 11.4 Å². The van der Waals surface area contributed by atoms with Crippen LogP contribution in [-0.4, -0.2) is 57.3 Å². The molecule has 0 aliphatic heterocycles. The Bertz CT molecular complexity index is 1730. The molecule has 0 radical (unpaired) electrons. The van der Waals surface area contributed by atoms with Crippen LogP contribution >= 0.6 is 0 Å². The Morgan fingerprint density at radius 1 is 0.700 bits per heavy atom. The largest absolute Gasteiger partial charge is 0.395 e. The van der Waals surface area contributed by atoms with E-state index in [2.05, 4.69) is 31.2 Å². The van der Waals surface area contributed by atoms with Crippen LogP contribution in [0.5, 0.6) is 0 Å². The Morgan fingerprint density at radius 2 is 1.10 bits per heavy atom. The minimum absolute atomic E-state index is 0.0222. The molecule has 2 aliphatic carbocycles. The fourth-order valence-electron chi connectivity index (χ4n) is 6.29. The van der Waals surface area contributed by atoms with Gasteiger partial charge in [-0.15, -0.1) is 0 Å². The van der Waals surface area contributed by atoms with Gasteiger partial charge in [-0.05, 0) is 134 Å². The smallest absolute Gasteiger partial charge is 0.274 e. The lowest BCUT2D eigenvalue weighted by Gasteiger charge is -2.18. The molecular formula is C40H48N6O4. The van der Waals surface area contributed by atoms with Gasteiger partial charge in [0.15, 0.2) is 0 Å². The summed E-state index contributed by atoms with van der Waals surface area (Å²) in [6, 6.07) is 15.4. The van der Waals surface area contributed by atoms with E-state index in [0.717, 1.165) is 70.2 Å². The van der Waals surface area contributed by atoms with Gasteiger partial charge in [-0.25, -0.2) is 0 Å². The van der Waals surface area contributed by atoms with Gasteiger partial charge in [0.05, 0.1) is 13.2 Å². The summed E-state index contributed by atoms with van der Waals surface area (Å²) in [4.78, 5) is 36.0. The van der Waals surface area contributed by atoms with Gasteiger partial charge >= 0.3 is 0 Å². The number of aliphatic hydroxyl groups excluding tert-OH is 2. The van der Waals surface area contributed by atoms with E-state index in [9.17, 15) is 19.8 Å². The van der Waals surface area contributed by atoms with E-state index in [1.54, 1.807) is 12.4 Å². The first kappa shape index (κ1) is 35.3. The SMILES string of the molecule is Cc1c(NC(=O)c2cc(C3CC3)c(CNC(C)CO)cn2)cccc1-c1cccc(NC(=O)c2cc(C3CC3)c(CNC(C)CO)cn2)c1C. The summed E-state index contributed by atoms with van der Waals surface area (Å²) in [5, 5.41) is 31.6. The molecule has 10 nitrogen and oxygen atoms in total. The first-order chi connectivity index (χ1) is 24.2. The third-order valence-electron chi connectivity index (χ3n) is 9.83. The molecule has 2 aliphatic rings. The minimum Gasteiger partial charge on any atom is -0.395 e. The number of carbonyl (C=O) groups is 2. The van der Waals surface area contributed by atoms with Crippen molar-refractivity contribution in [2.75, 3.05) is 23.8 Å². The fraction of sp³-hybridized carbons (Fsp3) is 0.400. The van der Waals surface area contributed by atoms with Gasteiger partial charge in [-0.2, -0.15) is 0 Å². The van der Waals surface area contributed by atoms with Crippen LogP contribution in [0.3, 0.4) is 0 Å². The number of amides is 2. The summed E-state index contributed by atoms with van der Waals surface area (Å²) in [7, 11) is 0. The van der Waals surface area contributed by atoms with E-state index >= 15 is 0 Å². The van der Waals surface area contributed by atoms with Crippen molar-refractivity contribution in [3.05, 3.63) is 106 Å². The highest BCUT2D eigenvalue weighted by molar-refractivity contribution is 6.05. The summed E-state index contributed by atoms with van der Waals surface area (Å²) in [5.41, 5.74) is 10.2. The molecule has 4 aromatic rings. The first-order valence-electron chi connectivity index (χ1n) is 17.6. The summed E-state index contributed by atoms with van der Waals surface area (Å²) >= 11 is 0. The Balaban J connectivity index is 1.18. The molecule has 2 aromatic heterocycles. The molecule has 0 spiro atoms. The second kappa shape index (κ2) is 15.6. The highest BCUT2D eigenvalue weighted by Gasteiger charge is 2.29. The number of aromatic nitrogens is 2. The monoisotopic (exact) mass is 676 g/mol. The number of rotatable bonds is 15. The van der Waals surface area contributed by atoms with Gasteiger partial charge in [-0.1, -0.05) is 24.3 Å². The van der Waals surface area contributed by atoms with E-state index in [1.165, 1.54) is 0 Å². The van der Waals surface area contributed by atoms with Crippen LogP contribution < -0.4 is 21.3 Å². The van der Waals surface area contributed by atoms with Crippen LogP contribution in [0.25, 0.3) is 11.1 Å². The Labute approximate surface area is 294 Å². The maximum Gasteiger partial charge on any atom is 0.274 e. The zero-order valence-corrected chi connectivity index (χ0v) is 29.3. The molecule has 2 aromatic carbocycles. The molecule has 2 fully saturated rings. The lowest BCUT2D eigenvalue weighted by atomic mass is 9.94. The van der Waals surface area contributed by atoms with Crippen molar-refractivity contribution in [2.45, 2.75) is 90.4 Å². The standard InChI is InChI=1S/C40H48N6O4/c1-23(21-47)41-17-29-19-43-37(15-33(29)27-11-12-27)39(49)45-35-9-5-7-31(25(35)3)32-8-6-10-36(26(32)4)46-40(50)38-16-34(28-13-14-28)30(20-44-38)18-42-24(2)22-48/h5-10,15-16,19-20,23-24,27-28,41-42,47-48H,11-14,17-18,21-22H2,1-4H3,(H,45,49)(H,46,50). The molecule has 0 saturated heterocycles. The van der Waals surface area contributed by atoms with E-state index < -0.39 is 0 Å². The van der Waals surface area contributed by atoms with Crippen LogP contribution in [0.15, 0.2) is 60.9 Å². The van der Waals surface area contributed by atoms with Crippen molar-refractivity contribution in [3.63, 3.8) is 0 Å². The molecule has 2 amide bonds. The van der Waals surface area contributed by atoms with Crippen molar-refractivity contribution >= 4 is 23.2 Å².